The van der Waals surface area contributed by atoms with Crippen molar-refractivity contribution >= 4 is 47.1 Å². The van der Waals surface area contributed by atoms with Gasteiger partial charge in [0.2, 0.25) is 0 Å². The third-order valence-electron chi connectivity index (χ3n) is 7.45. The Kier molecular flexibility index (Phi) is 9.80. The van der Waals surface area contributed by atoms with E-state index in [0.29, 0.717) is 17.0 Å². The molecule has 0 radical (unpaired) electrons. The van der Waals surface area contributed by atoms with Crippen molar-refractivity contribution < 1.29 is 47.7 Å². The first-order valence-electron chi connectivity index (χ1n) is 14.8. The van der Waals surface area contributed by atoms with Crippen molar-refractivity contribution in [3.8, 4) is 0 Å². The number of fused-ring (bicyclic) bond motifs is 1. The molecule has 14 heteroatoms. The maximum absolute atomic E-state index is 13.7. The van der Waals surface area contributed by atoms with Crippen LogP contribution in [0.1, 0.15) is 56.3 Å². The molecule has 0 aliphatic carbocycles. The van der Waals surface area contributed by atoms with Crippen LogP contribution in [0.4, 0.5) is 5.69 Å². The smallest absolute Gasteiger partial charge is 0.303 e. The summed E-state index contributed by atoms with van der Waals surface area (Å²) in [6.07, 6.45) is -3.12. The number of benzene rings is 2. The van der Waals surface area contributed by atoms with E-state index < -0.39 is 54.5 Å². The molecule has 1 amide bonds. The fraction of sp³-hybridized carbons (Fsp3) is 0.364. The summed E-state index contributed by atoms with van der Waals surface area (Å²) in [5, 5.41) is 8.43. The number of carbonyl (C=O) groups excluding carboxylic acids is 5. The Labute approximate surface area is 270 Å². The first-order chi connectivity index (χ1) is 22.4. The highest BCUT2D eigenvalue weighted by Gasteiger charge is 2.53. The second-order valence-corrected chi connectivity index (χ2v) is 11.2. The number of aromatic nitrogens is 3. The van der Waals surface area contributed by atoms with Crippen molar-refractivity contribution in [2.75, 3.05) is 11.5 Å². The van der Waals surface area contributed by atoms with Gasteiger partial charge in [0, 0.05) is 38.8 Å². The van der Waals surface area contributed by atoms with Crippen LogP contribution in [-0.4, -0.2) is 75.8 Å². The molecule has 5 atom stereocenters. The summed E-state index contributed by atoms with van der Waals surface area (Å²) in [6.45, 7) is 6.26. The lowest BCUT2D eigenvalue weighted by Gasteiger charge is -2.44. The number of aryl methyl sites for hydroxylation is 1. The lowest BCUT2D eigenvalue weighted by Crippen LogP contribution is -2.60. The number of hydrogen-bond donors (Lipinski definition) is 0. The van der Waals surface area contributed by atoms with E-state index in [1.54, 1.807) is 4.90 Å². The van der Waals surface area contributed by atoms with Crippen molar-refractivity contribution in [1.82, 2.24) is 15.0 Å². The third-order valence-corrected chi connectivity index (χ3v) is 7.45. The number of amides is 1. The molecule has 0 unspecified atom stereocenters. The molecule has 3 aromatic rings. The Bertz CT molecular complexity index is 1720. The van der Waals surface area contributed by atoms with Gasteiger partial charge in [-0.2, -0.15) is 0 Å². The van der Waals surface area contributed by atoms with Crippen molar-refractivity contribution in [2.24, 2.45) is 0 Å². The Morgan fingerprint density at radius 1 is 0.851 bits per heavy atom. The number of nitrogens with zero attached hydrogens (tertiary/aromatic N) is 4. The number of para-hydroxylation sites is 1. The fourth-order valence-electron chi connectivity index (χ4n) is 5.52. The normalized spacial score (nSPS) is 22.8. The standard InChI is InChI=1S/C33H34N4O10/c1-18-10-12-23(13-11-18)14-26-25-8-6-7-9-27(25)36(32(26)42)15-24-16-37(35-34-24)33-31(46-22(5)41)30(45-21(4)40)29(44-20(3)39)28(47-33)17-43-19(2)38/h6-14,16,28-31,33H,15,17H2,1-5H3/b26-14-/t28-,29-,30+,31-,33-/m1/s1. The number of ether oxygens (including phenoxy) is 5. The summed E-state index contributed by atoms with van der Waals surface area (Å²) in [6, 6.07) is 15.2. The van der Waals surface area contributed by atoms with Crippen LogP contribution in [0.25, 0.3) is 11.6 Å². The molecule has 2 aliphatic heterocycles. The quantitative estimate of drug-likeness (QED) is 0.190. The molecular weight excluding hydrogens is 612 g/mol. The van der Waals surface area contributed by atoms with Crippen LogP contribution in [0, 0.1) is 6.92 Å². The number of rotatable bonds is 9. The zero-order valence-electron chi connectivity index (χ0n) is 26.4. The zero-order chi connectivity index (χ0) is 33.8. The number of anilines is 1. The van der Waals surface area contributed by atoms with Crippen molar-refractivity contribution in [3.05, 3.63) is 77.1 Å². The van der Waals surface area contributed by atoms with E-state index in [-0.39, 0.29) is 19.1 Å². The molecule has 1 fully saturated rings. The molecular formula is C33H34N4O10. The second-order valence-electron chi connectivity index (χ2n) is 11.2. The molecule has 1 aromatic heterocycles. The minimum absolute atomic E-state index is 0.0341. The minimum Gasteiger partial charge on any atom is -0.463 e. The van der Waals surface area contributed by atoms with E-state index in [1.807, 2.05) is 61.5 Å². The monoisotopic (exact) mass is 646 g/mol. The van der Waals surface area contributed by atoms with Gasteiger partial charge >= 0.3 is 23.9 Å². The van der Waals surface area contributed by atoms with Crippen molar-refractivity contribution in [3.63, 3.8) is 0 Å². The molecule has 0 N–H and O–H groups in total. The Hall–Kier alpha value is -5.37. The van der Waals surface area contributed by atoms with Gasteiger partial charge in [0.05, 0.1) is 18.4 Å². The zero-order valence-corrected chi connectivity index (χ0v) is 26.4. The van der Waals surface area contributed by atoms with Gasteiger partial charge in [0.15, 0.2) is 24.5 Å². The molecule has 0 bridgehead atoms. The second kappa shape index (κ2) is 14.0. The topological polar surface area (TPSA) is 165 Å². The van der Waals surface area contributed by atoms with E-state index in [9.17, 15) is 24.0 Å². The van der Waals surface area contributed by atoms with Gasteiger partial charge in [0.1, 0.15) is 18.4 Å². The summed E-state index contributed by atoms with van der Waals surface area (Å²) in [5.41, 5.74) is 4.33. The maximum atomic E-state index is 13.7. The van der Waals surface area contributed by atoms with E-state index in [0.717, 1.165) is 37.5 Å². The summed E-state index contributed by atoms with van der Waals surface area (Å²) in [5.74, 6) is -3.09. The lowest BCUT2D eigenvalue weighted by atomic mass is 9.97. The van der Waals surface area contributed by atoms with Crippen LogP contribution in [0.15, 0.2) is 54.7 Å². The maximum Gasteiger partial charge on any atom is 0.303 e. The van der Waals surface area contributed by atoms with Crippen molar-refractivity contribution in [2.45, 2.75) is 71.8 Å². The van der Waals surface area contributed by atoms with Crippen molar-refractivity contribution in [1.29, 1.82) is 0 Å². The van der Waals surface area contributed by atoms with Gasteiger partial charge in [-0.3, -0.25) is 24.0 Å². The largest absolute Gasteiger partial charge is 0.463 e. The van der Waals surface area contributed by atoms with Gasteiger partial charge < -0.3 is 28.6 Å². The number of carbonyl (C=O) groups is 5. The predicted octanol–water partition coefficient (Wildman–Crippen LogP) is 2.93. The molecule has 47 heavy (non-hydrogen) atoms. The fourth-order valence-corrected chi connectivity index (χ4v) is 5.52. The highest BCUT2D eigenvalue weighted by atomic mass is 16.7. The van der Waals surface area contributed by atoms with Gasteiger partial charge in [-0.15, -0.1) is 5.10 Å². The molecule has 1 saturated heterocycles. The van der Waals surface area contributed by atoms with Crippen LogP contribution in [0.5, 0.6) is 0 Å². The average Bonchev–Trinajstić information content (AvgIpc) is 3.57. The predicted molar refractivity (Wildman–Crippen MR) is 164 cm³/mol. The first-order valence-corrected chi connectivity index (χ1v) is 14.8. The van der Waals surface area contributed by atoms with Gasteiger partial charge in [0.25, 0.3) is 5.91 Å². The Morgan fingerprint density at radius 2 is 1.49 bits per heavy atom. The van der Waals surface area contributed by atoms with Crippen LogP contribution >= 0.6 is 0 Å². The van der Waals surface area contributed by atoms with Crippen LogP contribution in [0.3, 0.4) is 0 Å². The van der Waals surface area contributed by atoms with E-state index in [4.69, 9.17) is 23.7 Å². The van der Waals surface area contributed by atoms with Crippen LogP contribution in [0.2, 0.25) is 0 Å². The first kappa shape index (κ1) is 33.0. The molecule has 0 spiro atoms. The lowest BCUT2D eigenvalue weighted by molar-refractivity contribution is -0.270. The molecule has 246 valence electrons. The van der Waals surface area contributed by atoms with Gasteiger partial charge in [-0.25, -0.2) is 4.68 Å². The molecule has 2 aromatic carbocycles. The number of esters is 4. The Morgan fingerprint density at radius 3 is 2.15 bits per heavy atom. The summed E-state index contributed by atoms with van der Waals surface area (Å²) < 4.78 is 29.0. The number of hydrogen-bond acceptors (Lipinski definition) is 12. The molecule has 14 nitrogen and oxygen atoms in total. The summed E-state index contributed by atoms with van der Waals surface area (Å²) in [4.78, 5) is 63.4. The third kappa shape index (κ3) is 7.55. The summed E-state index contributed by atoms with van der Waals surface area (Å²) >= 11 is 0. The Balaban J connectivity index is 1.47. The van der Waals surface area contributed by atoms with Gasteiger partial charge in [-0.05, 0) is 24.6 Å². The SMILES string of the molecule is CC(=O)OC[C@H]1O[C@@H](n2cc(CN3C(=O)/C(=C\c4ccc(C)cc4)c4ccccc43)nn2)[C@H](OC(C)=O)[C@@H](OC(C)=O)[C@@H]1OC(C)=O. The molecule has 0 saturated carbocycles. The minimum atomic E-state index is -1.37. The average molecular weight is 647 g/mol. The molecule has 3 heterocycles. The van der Waals surface area contributed by atoms with Gasteiger partial charge in [-0.1, -0.05) is 53.2 Å². The van der Waals surface area contributed by atoms with E-state index in [2.05, 4.69) is 10.3 Å². The van der Waals surface area contributed by atoms with E-state index >= 15 is 0 Å². The van der Waals surface area contributed by atoms with E-state index in [1.165, 1.54) is 17.8 Å². The highest BCUT2D eigenvalue weighted by Crippen LogP contribution is 2.39. The van der Waals surface area contributed by atoms with Crippen LogP contribution < -0.4 is 4.90 Å². The highest BCUT2D eigenvalue weighted by molar-refractivity contribution is 6.35. The molecule has 2 aliphatic rings. The summed E-state index contributed by atoms with van der Waals surface area (Å²) in [7, 11) is 0. The van der Waals surface area contributed by atoms with Crippen LogP contribution in [-0.2, 0) is 54.2 Å². The molecule has 5 rings (SSSR count).